The van der Waals surface area contributed by atoms with Crippen LogP contribution >= 0.6 is 0 Å². The minimum Gasteiger partial charge on any atom is -0.318 e. The first-order valence-electron chi connectivity index (χ1n) is 11.6. The van der Waals surface area contributed by atoms with Crippen LogP contribution in [0.25, 0.3) is 16.5 Å². The van der Waals surface area contributed by atoms with Gasteiger partial charge in [-0.05, 0) is 92.5 Å². The van der Waals surface area contributed by atoms with Crippen molar-refractivity contribution in [1.82, 2.24) is 14.7 Å². The van der Waals surface area contributed by atoms with E-state index < -0.39 is 11.7 Å². The third-order valence-corrected chi connectivity index (χ3v) is 6.53. The van der Waals surface area contributed by atoms with Gasteiger partial charge in [0, 0.05) is 29.5 Å². The van der Waals surface area contributed by atoms with Gasteiger partial charge >= 0.3 is 6.18 Å². The third kappa shape index (κ3) is 4.66. The number of likely N-dealkylation sites (tertiary alicyclic amines) is 1. The first-order valence-corrected chi connectivity index (χ1v) is 11.6. The number of halogens is 3. The van der Waals surface area contributed by atoms with Crippen LogP contribution in [0.5, 0.6) is 0 Å². The molecule has 176 valence electrons. The molecule has 2 aliphatic rings. The van der Waals surface area contributed by atoms with Gasteiger partial charge in [-0.1, -0.05) is 18.7 Å². The Morgan fingerprint density at radius 3 is 2.44 bits per heavy atom. The summed E-state index contributed by atoms with van der Waals surface area (Å²) in [5.41, 5.74) is 3.71. The first kappa shape index (κ1) is 22.5. The van der Waals surface area contributed by atoms with Crippen molar-refractivity contribution in [2.45, 2.75) is 32.0 Å². The lowest BCUT2D eigenvalue weighted by atomic mass is 10.0. The number of benzene rings is 2. The first-order chi connectivity index (χ1) is 16.4. The molecule has 0 unspecified atom stereocenters. The molecular formula is C27H27F3N4. The van der Waals surface area contributed by atoms with Crippen molar-refractivity contribution in [2.24, 2.45) is 0 Å². The molecule has 3 aromatic rings. The van der Waals surface area contributed by atoms with Crippen LogP contribution in [0.15, 0.2) is 79.3 Å². The quantitative estimate of drug-likeness (QED) is 0.418. The van der Waals surface area contributed by atoms with E-state index in [9.17, 15) is 13.2 Å². The van der Waals surface area contributed by atoms with Crippen LogP contribution in [0.2, 0.25) is 0 Å². The predicted octanol–water partition coefficient (Wildman–Crippen LogP) is 6.47. The topological polar surface area (TPSA) is 24.3 Å². The standard InChI is InChI=1S/C27H27F3N4/c1-20-17-22(21-5-7-24(8-6-21)27(28,29)30)11-16-33(20)25-9-10-26-23(18-25)19-31-34(26)15-4-14-32-12-2-3-13-32/h5-11,16-19H,1-4,12-15H2. The molecule has 4 nitrogen and oxygen atoms in total. The van der Waals surface area contributed by atoms with Gasteiger partial charge in [0.25, 0.3) is 0 Å². The molecule has 0 saturated carbocycles. The number of nitrogens with zero attached hydrogens (tertiary/aromatic N) is 4. The molecule has 0 N–H and O–H groups in total. The molecule has 5 rings (SSSR count). The molecule has 0 aliphatic carbocycles. The summed E-state index contributed by atoms with van der Waals surface area (Å²) in [6.45, 7) is 8.60. The second-order valence-electron chi connectivity index (χ2n) is 8.86. The summed E-state index contributed by atoms with van der Waals surface area (Å²) in [4.78, 5) is 4.49. The fourth-order valence-corrected chi connectivity index (χ4v) is 4.68. The van der Waals surface area contributed by atoms with E-state index in [1.54, 1.807) is 0 Å². The lowest BCUT2D eigenvalue weighted by Crippen LogP contribution is -2.21. The molecule has 3 heterocycles. The highest BCUT2D eigenvalue weighted by Crippen LogP contribution is 2.33. The number of alkyl halides is 3. The fourth-order valence-electron chi connectivity index (χ4n) is 4.68. The number of anilines is 1. The monoisotopic (exact) mass is 464 g/mol. The van der Waals surface area contributed by atoms with E-state index in [-0.39, 0.29) is 0 Å². The Bertz CT molecular complexity index is 1250. The minimum absolute atomic E-state index is 0.651. The molecule has 0 bridgehead atoms. The normalized spacial score (nSPS) is 17.1. The van der Waals surface area contributed by atoms with E-state index in [4.69, 9.17) is 0 Å². The maximum atomic E-state index is 12.8. The van der Waals surface area contributed by atoms with Crippen molar-refractivity contribution in [3.63, 3.8) is 0 Å². The van der Waals surface area contributed by atoms with E-state index in [2.05, 4.69) is 33.4 Å². The van der Waals surface area contributed by atoms with Gasteiger partial charge in [0.1, 0.15) is 0 Å². The Kier molecular flexibility index (Phi) is 6.04. The van der Waals surface area contributed by atoms with Crippen LogP contribution in [0.3, 0.4) is 0 Å². The predicted molar refractivity (Wildman–Crippen MR) is 130 cm³/mol. The van der Waals surface area contributed by atoms with Crippen molar-refractivity contribution in [3.8, 4) is 0 Å². The summed E-state index contributed by atoms with van der Waals surface area (Å²) >= 11 is 0. The lowest BCUT2D eigenvalue weighted by Gasteiger charge is -2.25. The number of rotatable bonds is 6. The highest BCUT2D eigenvalue weighted by molar-refractivity contribution is 5.86. The van der Waals surface area contributed by atoms with Gasteiger partial charge < -0.3 is 9.80 Å². The molecule has 0 radical (unpaired) electrons. The average molecular weight is 465 g/mol. The summed E-state index contributed by atoms with van der Waals surface area (Å²) in [6.07, 6.45) is 6.94. The number of fused-ring (bicyclic) bond motifs is 1. The Morgan fingerprint density at radius 1 is 0.971 bits per heavy atom. The summed E-state index contributed by atoms with van der Waals surface area (Å²) < 4.78 is 40.6. The molecule has 34 heavy (non-hydrogen) atoms. The maximum Gasteiger partial charge on any atom is 0.416 e. The van der Waals surface area contributed by atoms with Crippen molar-refractivity contribution in [1.29, 1.82) is 0 Å². The Hall–Kier alpha value is -3.32. The van der Waals surface area contributed by atoms with Gasteiger partial charge in [-0.15, -0.1) is 0 Å². The number of aromatic nitrogens is 2. The summed E-state index contributed by atoms with van der Waals surface area (Å²) in [5, 5.41) is 5.65. The Morgan fingerprint density at radius 2 is 1.74 bits per heavy atom. The highest BCUT2D eigenvalue weighted by atomic mass is 19.4. The van der Waals surface area contributed by atoms with Crippen molar-refractivity contribution in [2.75, 3.05) is 24.5 Å². The van der Waals surface area contributed by atoms with E-state index in [0.717, 1.165) is 65.1 Å². The van der Waals surface area contributed by atoms with Crippen LogP contribution in [-0.4, -0.2) is 34.3 Å². The SMILES string of the molecule is C=C1C=C(c2ccc(C(F)(F)F)cc2)C=CN1c1ccc2c(cnn2CCCN2CCCC2)c1. The van der Waals surface area contributed by atoms with Crippen LogP contribution in [0.1, 0.15) is 30.4 Å². The van der Waals surface area contributed by atoms with Crippen LogP contribution < -0.4 is 4.90 Å². The fraction of sp³-hybridized carbons (Fsp3) is 0.296. The van der Waals surface area contributed by atoms with Gasteiger partial charge in [0.2, 0.25) is 0 Å². The maximum absolute atomic E-state index is 12.8. The molecule has 2 aromatic carbocycles. The zero-order chi connectivity index (χ0) is 23.7. The van der Waals surface area contributed by atoms with Gasteiger partial charge in [-0.2, -0.15) is 18.3 Å². The molecule has 1 aromatic heterocycles. The minimum atomic E-state index is -4.34. The van der Waals surface area contributed by atoms with Crippen LogP contribution in [0.4, 0.5) is 18.9 Å². The van der Waals surface area contributed by atoms with Crippen molar-refractivity contribution in [3.05, 3.63) is 90.4 Å². The van der Waals surface area contributed by atoms with Crippen molar-refractivity contribution >= 4 is 22.2 Å². The van der Waals surface area contributed by atoms with Crippen molar-refractivity contribution < 1.29 is 13.2 Å². The molecule has 0 spiro atoms. The molecule has 1 fully saturated rings. The number of hydrogen-bond acceptors (Lipinski definition) is 3. The smallest absolute Gasteiger partial charge is 0.318 e. The van der Waals surface area contributed by atoms with Gasteiger partial charge in [0.05, 0.1) is 17.3 Å². The highest BCUT2D eigenvalue weighted by Gasteiger charge is 2.30. The molecule has 0 atom stereocenters. The molecule has 1 saturated heterocycles. The Labute approximate surface area is 197 Å². The molecule has 7 heteroatoms. The molecule has 2 aliphatic heterocycles. The second-order valence-corrected chi connectivity index (χ2v) is 8.86. The summed E-state index contributed by atoms with van der Waals surface area (Å²) in [5.74, 6) is 0. The van der Waals surface area contributed by atoms with E-state index in [1.807, 2.05) is 35.5 Å². The van der Waals surface area contributed by atoms with E-state index in [0.29, 0.717) is 0 Å². The average Bonchev–Trinajstić information content (AvgIpc) is 3.48. The van der Waals surface area contributed by atoms with Crippen LogP contribution in [0, 0.1) is 0 Å². The van der Waals surface area contributed by atoms with Gasteiger partial charge in [-0.25, -0.2) is 0 Å². The second kappa shape index (κ2) is 9.14. The van der Waals surface area contributed by atoms with Crippen LogP contribution in [-0.2, 0) is 12.7 Å². The van der Waals surface area contributed by atoms with Gasteiger partial charge in [-0.3, -0.25) is 4.68 Å². The number of aryl methyl sites for hydroxylation is 1. The molecular weight excluding hydrogens is 437 g/mol. The third-order valence-electron chi connectivity index (χ3n) is 6.53. The summed E-state index contributed by atoms with van der Waals surface area (Å²) in [6, 6.07) is 11.4. The zero-order valence-electron chi connectivity index (χ0n) is 18.9. The van der Waals surface area contributed by atoms with E-state index in [1.165, 1.54) is 38.1 Å². The zero-order valence-corrected chi connectivity index (χ0v) is 18.9. The number of hydrogen-bond donors (Lipinski definition) is 0. The lowest BCUT2D eigenvalue weighted by molar-refractivity contribution is -0.137. The van der Waals surface area contributed by atoms with E-state index >= 15 is 0 Å². The van der Waals surface area contributed by atoms with Gasteiger partial charge in [0.15, 0.2) is 0 Å². The molecule has 0 amide bonds. The largest absolute Gasteiger partial charge is 0.416 e. The summed E-state index contributed by atoms with van der Waals surface area (Å²) in [7, 11) is 0. The number of allylic oxidation sites excluding steroid dienone is 3. The Balaban J connectivity index is 1.27.